The molecular weight excluding hydrogens is 1230 g/mol. The molecule has 14 nitrogen and oxygen atoms in total. The lowest BCUT2D eigenvalue weighted by Gasteiger charge is -2.33. The van der Waals surface area contributed by atoms with Crippen LogP contribution in [0, 0.1) is 41.5 Å². The lowest BCUT2D eigenvalue weighted by molar-refractivity contribution is -0.125. The van der Waals surface area contributed by atoms with Gasteiger partial charge >= 0.3 is 0 Å². The number of hydrogen-bond donors (Lipinski definition) is 8. The average molecular weight is 1340 g/mol. The first-order valence-electron chi connectivity index (χ1n) is 37.4. The fourth-order valence-corrected chi connectivity index (χ4v) is 17.4. The second-order valence-electron chi connectivity index (χ2n) is 28.7. The molecule has 14 heteroatoms. The van der Waals surface area contributed by atoms with E-state index in [1.807, 2.05) is 0 Å². The van der Waals surface area contributed by atoms with E-state index in [0.717, 1.165) is 217 Å². The van der Waals surface area contributed by atoms with Gasteiger partial charge < -0.3 is 40.5 Å². The minimum Gasteiger partial charge on any atom is -0.355 e. The quantitative estimate of drug-likeness (QED) is 0.0472. The Morgan fingerprint density at radius 2 is 0.630 bits per heavy atom. The Morgan fingerprint density at radius 1 is 0.330 bits per heavy atom. The van der Waals surface area contributed by atoms with Gasteiger partial charge in [0.15, 0.2) is 0 Å². The summed E-state index contributed by atoms with van der Waals surface area (Å²) >= 11 is 0. The molecule has 0 aromatic carbocycles. The Kier molecular flexibility index (Phi) is 19.4. The summed E-state index contributed by atoms with van der Waals surface area (Å²) in [5.74, 6) is -0.0356. The molecule has 0 radical (unpaired) electrons. The fourth-order valence-electron chi connectivity index (χ4n) is 17.4. The standard InChI is InChI=1S/C86H104N12O2/c1-19-53-43(9)65-37-75-57(23-5)49(15)83(95-75)85-51(17)59(25-7)77(97-85)39-67-45(11)55(21-3)73(89-67)41-79-61(47(13)69(91-79)35-71(53)87-65)31-33-81(99)93-63-29-27-28-30-64(63)94-82(100)34-32-62-48(14)70-36-72-54(20-2)44(10)66(88-72)38-76-58(24-6)50(16)84(96-76)86-52(18)60(26-8)78(98-86)40-68-46(12)56(22-4)74(90-68)42-80(62)92-70/h35-42,63-64,87-89,91-92,96H,19-34H2,1-18H3,(H,93,99)(H,94,100)/t63-,64-/m0/s1. The molecular formula is C86H104N12O2. The first-order chi connectivity index (χ1) is 48.1. The predicted molar refractivity (Wildman–Crippen MR) is 419 cm³/mol. The van der Waals surface area contributed by atoms with Crippen LogP contribution in [0.2, 0.25) is 0 Å². The van der Waals surface area contributed by atoms with Crippen LogP contribution in [0.15, 0.2) is 48.5 Å². The van der Waals surface area contributed by atoms with Gasteiger partial charge in [-0.3, -0.25) is 9.59 Å². The summed E-state index contributed by atoms with van der Waals surface area (Å²) in [4.78, 5) is 74.1. The molecule has 2 atom stereocenters. The van der Waals surface area contributed by atoms with E-state index in [1.165, 1.54) is 83.5 Å². The van der Waals surface area contributed by atoms with Crippen molar-refractivity contribution in [3.8, 4) is 0 Å². The molecule has 100 heavy (non-hydrogen) atoms. The second kappa shape index (κ2) is 28.0. The minimum absolute atomic E-state index is 0.0161. The number of hydrogen-bond acceptors (Lipinski definition) is 6. The molecule has 20 bridgehead atoms. The van der Waals surface area contributed by atoms with Crippen molar-refractivity contribution in [2.24, 2.45) is 0 Å². The van der Waals surface area contributed by atoms with Gasteiger partial charge in [-0.1, -0.05) is 68.2 Å². The number of carbonyl (C=O) groups excluding carboxylic acids is 2. The molecule has 0 spiro atoms. The number of fused-ring (bicyclic) bond motifs is 22. The lowest BCUT2D eigenvalue weighted by atomic mass is 9.89. The number of nitrogens with one attached hydrogen (secondary N) is 8. The highest BCUT2D eigenvalue weighted by Crippen LogP contribution is 2.43. The first-order valence-corrected chi connectivity index (χ1v) is 37.4. The van der Waals surface area contributed by atoms with Crippen LogP contribution in [0.3, 0.4) is 0 Å². The van der Waals surface area contributed by atoms with Crippen molar-refractivity contribution in [2.75, 3.05) is 0 Å². The van der Waals surface area contributed by atoms with Gasteiger partial charge in [0.2, 0.25) is 11.8 Å². The van der Waals surface area contributed by atoms with Crippen LogP contribution >= 0.6 is 0 Å². The van der Waals surface area contributed by atoms with Crippen LogP contribution in [0.1, 0.15) is 260 Å². The van der Waals surface area contributed by atoms with E-state index in [2.05, 4.69) is 214 Å². The molecule has 0 saturated heterocycles. The molecule has 5 aliphatic rings. The summed E-state index contributed by atoms with van der Waals surface area (Å²) in [6, 6.07) is 17.6. The van der Waals surface area contributed by atoms with Crippen molar-refractivity contribution in [3.63, 3.8) is 0 Å². The van der Waals surface area contributed by atoms with Crippen LogP contribution in [0.4, 0.5) is 0 Å². The van der Waals surface area contributed by atoms with Crippen molar-refractivity contribution in [1.82, 2.24) is 60.5 Å². The average Bonchev–Trinajstić information content (AvgIpc) is 1.61. The largest absolute Gasteiger partial charge is 0.355 e. The Hall–Kier alpha value is -9.30. The molecule has 8 aromatic rings. The van der Waals surface area contributed by atoms with Gasteiger partial charge in [0.1, 0.15) is 0 Å². The van der Waals surface area contributed by atoms with Crippen molar-refractivity contribution in [2.45, 2.75) is 239 Å². The van der Waals surface area contributed by atoms with Gasteiger partial charge in [0.25, 0.3) is 0 Å². The molecule has 1 aliphatic carbocycles. The third-order valence-corrected chi connectivity index (χ3v) is 23.3. The Morgan fingerprint density at radius 3 is 1.04 bits per heavy atom. The summed E-state index contributed by atoms with van der Waals surface area (Å²) in [5, 5.41) is 6.95. The summed E-state index contributed by atoms with van der Waals surface area (Å²) < 4.78 is 0. The molecule has 8 N–H and O–H groups in total. The highest BCUT2D eigenvalue weighted by atomic mass is 16.2. The molecule has 4 aliphatic heterocycles. The molecule has 0 unspecified atom stereocenters. The first kappa shape index (κ1) is 69.2. The molecule has 13 rings (SSSR count). The van der Waals surface area contributed by atoms with Gasteiger partial charge in [-0.15, -0.1) is 0 Å². The summed E-state index contributed by atoms with van der Waals surface area (Å²) in [7, 11) is 0. The zero-order valence-corrected chi connectivity index (χ0v) is 62.7. The van der Waals surface area contributed by atoms with Gasteiger partial charge in [-0.05, 0) is 306 Å². The summed E-state index contributed by atoms with van der Waals surface area (Å²) in [6.45, 7) is 39.8. The highest BCUT2D eigenvalue weighted by molar-refractivity contribution is 6.01. The highest BCUT2D eigenvalue weighted by Gasteiger charge is 2.30. The van der Waals surface area contributed by atoms with Crippen LogP contribution in [0.25, 0.3) is 111 Å². The number of rotatable bonds is 16. The normalized spacial score (nSPS) is 15.7. The Balaban J connectivity index is 0.821. The SMILES string of the molecule is CCC1=C(C)c2cc3nc(c4[nH]c(cc5[nH]c(cc6[nH]c(cc1n2)c(CCC(=O)N[C@H]1CCCC[C@@H]1NC(=O)CCc1c(C)c2cc7[nH]c(cc8nc(c9nc(cc%10[nH]c(cc1[nH]2)c(CC)c%10C)C(CC)=C9C)C(C)=C8CC)c(C)c7CC)c6C)c(CC)c5C)c(CC)c4C)C(C)=C3CC. The van der Waals surface area contributed by atoms with Crippen molar-refractivity contribution in [3.05, 3.63) is 161 Å². The van der Waals surface area contributed by atoms with Crippen LogP contribution in [-0.4, -0.2) is 73.7 Å². The Labute approximate surface area is 589 Å². The van der Waals surface area contributed by atoms with Crippen LogP contribution < -0.4 is 10.6 Å². The topological polar surface area (TPSA) is 204 Å². The number of aromatic nitrogens is 10. The fraction of sp³-hybridized carbons (Fsp3) is 0.419. The number of nitrogens with zero attached hydrogens (tertiary/aromatic N) is 4. The zero-order chi connectivity index (χ0) is 70.9. The van der Waals surface area contributed by atoms with Crippen molar-refractivity contribution in [1.29, 1.82) is 0 Å². The van der Waals surface area contributed by atoms with E-state index in [1.54, 1.807) is 0 Å². The van der Waals surface area contributed by atoms with Crippen molar-refractivity contribution >= 4 is 123 Å². The number of aryl methyl sites for hydroxylation is 12. The second-order valence-corrected chi connectivity index (χ2v) is 28.7. The summed E-state index contributed by atoms with van der Waals surface area (Å²) in [6.07, 6.45) is 12.0. The zero-order valence-electron chi connectivity index (χ0n) is 62.7. The van der Waals surface area contributed by atoms with E-state index in [0.29, 0.717) is 19.3 Å². The third-order valence-electron chi connectivity index (χ3n) is 23.3. The number of allylic oxidation sites excluding steroid dienone is 8. The number of H-pyrrole nitrogens is 6. The van der Waals surface area contributed by atoms with E-state index in [4.69, 9.17) is 19.9 Å². The van der Waals surface area contributed by atoms with Crippen LogP contribution in [-0.2, 0) is 48.1 Å². The van der Waals surface area contributed by atoms with Crippen molar-refractivity contribution < 1.29 is 9.59 Å². The maximum atomic E-state index is 14.6. The van der Waals surface area contributed by atoms with Gasteiger partial charge in [0, 0.05) is 85.6 Å². The van der Waals surface area contributed by atoms with Crippen LogP contribution in [0.5, 0.6) is 0 Å². The smallest absolute Gasteiger partial charge is 0.220 e. The molecule has 8 aromatic heterocycles. The number of amides is 2. The van der Waals surface area contributed by atoms with E-state index >= 15 is 0 Å². The maximum Gasteiger partial charge on any atom is 0.220 e. The molecule has 520 valence electrons. The van der Waals surface area contributed by atoms with Gasteiger partial charge in [-0.25, -0.2) is 19.9 Å². The van der Waals surface area contributed by atoms with Gasteiger partial charge in [0.05, 0.1) is 51.1 Å². The van der Waals surface area contributed by atoms with Gasteiger partial charge in [-0.2, -0.15) is 0 Å². The number of aromatic amines is 6. The lowest BCUT2D eigenvalue weighted by Crippen LogP contribution is -2.53. The van der Waals surface area contributed by atoms with E-state index in [-0.39, 0.29) is 30.3 Å². The third kappa shape index (κ3) is 12.3. The molecule has 12 heterocycles. The molecule has 2 amide bonds. The minimum atomic E-state index is -0.190. The predicted octanol–water partition coefficient (Wildman–Crippen LogP) is 20.6. The maximum absolute atomic E-state index is 14.6. The van der Waals surface area contributed by atoms with E-state index < -0.39 is 0 Å². The Bertz CT molecular complexity index is 5300. The molecule has 1 fully saturated rings. The molecule has 1 saturated carbocycles. The van der Waals surface area contributed by atoms with E-state index in [9.17, 15) is 9.59 Å². The monoisotopic (exact) mass is 1340 g/mol. The number of carbonyl (C=O) groups is 2. The summed E-state index contributed by atoms with van der Waals surface area (Å²) in [5.41, 5.74) is 44.2.